The number of hydrogen-bond acceptors (Lipinski definition) is 3. The standard InChI is InChI=1S/C11H17NO3S/c1-11(10(14)15)5-3-2-4-8(11)9(13)12-6-7-16/h3,5,8,16H,2,4,6-7H2,1H3,(H,12,13)(H,14,15). The number of carboxylic acids is 1. The van der Waals surface area contributed by atoms with Crippen molar-refractivity contribution in [3.8, 4) is 0 Å². The molecular formula is C11H17NO3S. The SMILES string of the molecule is CC1(C(=O)O)C=CCCC1C(=O)NCCS. The van der Waals surface area contributed by atoms with Gasteiger partial charge in [0.05, 0.1) is 11.3 Å². The Labute approximate surface area is 101 Å². The smallest absolute Gasteiger partial charge is 0.314 e. The van der Waals surface area contributed by atoms with E-state index in [1.807, 2.05) is 6.08 Å². The zero-order valence-electron chi connectivity index (χ0n) is 9.27. The van der Waals surface area contributed by atoms with E-state index < -0.39 is 17.3 Å². The van der Waals surface area contributed by atoms with Crippen LogP contribution in [0.1, 0.15) is 19.8 Å². The van der Waals surface area contributed by atoms with Gasteiger partial charge in [0.2, 0.25) is 5.91 Å². The molecule has 1 amide bonds. The highest BCUT2D eigenvalue weighted by Gasteiger charge is 2.44. The van der Waals surface area contributed by atoms with Gasteiger partial charge in [0, 0.05) is 12.3 Å². The van der Waals surface area contributed by atoms with Gasteiger partial charge in [-0.25, -0.2) is 0 Å². The van der Waals surface area contributed by atoms with Gasteiger partial charge in [0.25, 0.3) is 0 Å². The first-order valence-electron chi connectivity index (χ1n) is 5.32. The van der Waals surface area contributed by atoms with Crippen LogP contribution in [0.5, 0.6) is 0 Å². The number of carbonyl (C=O) groups excluding carboxylic acids is 1. The van der Waals surface area contributed by atoms with E-state index in [9.17, 15) is 14.7 Å². The monoisotopic (exact) mass is 243 g/mol. The number of aliphatic carboxylic acids is 1. The zero-order chi connectivity index (χ0) is 12.2. The topological polar surface area (TPSA) is 66.4 Å². The van der Waals surface area contributed by atoms with Crippen LogP contribution in [0.2, 0.25) is 0 Å². The van der Waals surface area contributed by atoms with E-state index in [4.69, 9.17) is 0 Å². The van der Waals surface area contributed by atoms with Crippen molar-refractivity contribution < 1.29 is 14.7 Å². The fourth-order valence-electron chi connectivity index (χ4n) is 1.93. The predicted octanol–water partition coefficient (Wildman–Crippen LogP) is 1.09. The summed E-state index contributed by atoms with van der Waals surface area (Å²) in [5, 5.41) is 11.9. The lowest BCUT2D eigenvalue weighted by Crippen LogP contribution is -2.45. The molecule has 2 N–H and O–H groups in total. The summed E-state index contributed by atoms with van der Waals surface area (Å²) in [5.74, 6) is -1.08. The zero-order valence-corrected chi connectivity index (χ0v) is 10.2. The van der Waals surface area contributed by atoms with Crippen LogP contribution >= 0.6 is 12.6 Å². The molecule has 0 aromatic rings. The molecule has 0 spiro atoms. The minimum Gasteiger partial charge on any atom is -0.481 e. The van der Waals surface area contributed by atoms with Crippen molar-refractivity contribution in [1.29, 1.82) is 0 Å². The second-order valence-electron chi connectivity index (χ2n) is 4.13. The molecule has 0 radical (unpaired) electrons. The van der Waals surface area contributed by atoms with E-state index in [0.29, 0.717) is 18.7 Å². The Hall–Kier alpha value is -0.970. The molecule has 90 valence electrons. The predicted molar refractivity (Wildman–Crippen MR) is 64.5 cm³/mol. The van der Waals surface area contributed by atoms with Crippen molar-refractivity contribution in [2.45, 2.75) is 19.8 Å². The number of nitrogens with one attached hydrogen (secondary N) is 1. The van der Waals surface area contributed by atoms with Crippen LogP contribution in [0.25, 0.3) is 0 Å². The van der Waals surface area contributed by atoms with Gasteiger partial charge in [-0.2, -0.15) is 12.6 Å². The van der Waals surface area contributed by atoms with E-state index in [1.54, 1.807) is 13.0 Å². The van der Waals surface area contributed by atoms with Crippen LogP contribution in [0.4, 0.5) is 0 Å². The number of allylic oxidation sites excluding steroid dienone is 1. The number of carboxylic acid groups (broad SMARTS) is 1. The molecule has 1 aliphatic rings. The van der Waals surface area contributed by atoms with Crippen molar-refractivity contribution in [2.75, 3.05) is 12.3 Å². The first-order valence-corrected chi connectivity index (χ1v) is 5.95. The van der Waals surface area contributed by atoms with Crippen LogP contribution in [-0.2, 0) is 9.59 Å². The van der Waals surface area contributed by atoms with Crippen molar-refractivity contribution in [3.05, 3.63) is 12.2 Å². The second kappa shape index (κ2) is 5.39. The van der Waals surface area contributed by atoms with Gasteiger partial charge in [0.1, 0.15) is 0 Å². The number of rotatable bonds is 4. The lowest BCUT2D eigenvalue weighted by Gasteiger charge is -2.32. The molecule has 0 aliphatic heterocycles. The Balaban J connectivity index is 2.81. The summed E-state index contributed by atoms with van der Waals surface area (Å²) >= 11 is 4.00. The molecule has 0 saturated carbocycles. The molecule has 0 heterocycles. The average molecular weight is 243 g/mol. The average Bonchev–Trinajstić information content (AvgIpc) is 2.26. The summed E-state index contributed by atoms with van der Waals surface area (Å²) in [6.07, 6.45) is 4.79. The van der Waals surface area contributed by atoms with E-state index >= 15 is 0 Å². The summed E-state index contributed by atoms with van der Waals surface area (Å²) in [5.41, 5.74) is -1.08. The Kier molecular flexibility index (Phi) is 4.41. The quantitative estimate of drug-likeness (QED) is 0.511. The molecule has 2 atom stereocenters. The van der Waals surface area contributed by atoms with Gasteiger partial charge in [0.15, 0.2) is 0 Å². The van der Waals surface area contributed by atoms with Crippen molar-refractivity contribution in [1.82, 2.24) is 5.32 Å². The molecule has 0 fully saturated rings. The highest BCUT2D eigenvalue weighted by atomic mass is 32.1. The molecule has 16 heavy (non-hydrogen) atoms. The van der Waals surface area contributed by atoms with Crippen LogP contribution in [0.15, 0.2) is 12.2 Å². The number of hydrogen-bond donors (Lipinski definition) is 3. The molecule has 0 saturated heterocycles. The third-order valence-electron chi connectivity index (χ3n) is 3.00. The molecule has 1 rings (SSSR count). The second-order valence-corrected chi connectivity index (χ2v) is 4.58. The third-order valence-corrected chi connectivity index (χ3v) is 3.22. The number of amides is 1. The molecule has 0 aromatic heterocycles. The van der Waals surface area contributed by atoms with E-state index in [1.165, 1.54) is 0 Å². The summed E-state index contributed by atoms with van der Waals surface area (Å²) < 4.78 is 0. The van der Waals surface area contributed by atoms with Gasteiger partial charge in [-0.05, 0) is 19.8 Å². The molecule has 0 aromatic carbocycles. The molecule has 4 nitrogen and oxygen atoms in total. The Morgan fingerprint density at radius 3 is 2.88 bits per heavy atom. The summed E-state index contributed by atoms with van der Waals surface area (Å²) in [4.78, 5) is 23.1. The molecular weight excluding hydrogens is 226 g/mol. The van der Waals surface area contributed by atoms with E-state index in [-0.39, 0.29) is 5.91 Å². The number of thiol groups is 1. The van der Waals surface area contributed by atoms with Crippen molar-refractivity contribution in [2.24, 2.45) is 11.3 Å². The maximum atomic E-state index is 11.8. The summed E-state index contributed by atoms with van der Waals surface area (Å²) in [7, 11) is 0. The van der Waals surface area contributed by atoms with Crippen LogP contribution in [0, 0.1) is 11.3 Å². The van der Waals surface area contributed by atoms with Gasteiger partial charge >= 0.3 is 5.97 Å². The number of carbonyl (C=O) groups is 2. The molecule has 1 aliphatic carbocycles. The van der Waals surface area contributed by atoms with Crippen LogP contribution in [0.3, 0.4) is 0 Å². The maximum Gasteiger partial charge on any atom is 0.314 e. The lowest BCUT2D eigenvalue weighted by molar-refractivity contribution is -0.152. The maximum absolute atomic E-state index is 11.8. The summed E-state index contributed by atoms with van der Waals surface area (Å²) in [6.45, 7) is 2.06. The van der Waals surface area contributed by atoms with Crippen molar-refractivity contribution in [3.63, 3.8) is 0 Å². The highest BCUT2D eigenvalue weighted by molar-refractivity contribution is 7.80. The largest absolute Gasteiger partial charge is 0.481 e. The third kappa shape index (κ3) is 2.58. The van der Waals surface area contributed by atoms with Crippen molar-refractivity contribution >= 4 is 24.5 Å². The van der Waals surface area contributed by atoms with E-state index in [2.05, 4.69) is 17.9 Å². The fourth-order valence-corrected chi connectivity index (χ4v) is 2.04. The molecule has 0 bridgehead atoms. The normalized spacial score (nSPS) is 28.8. The van der Waals surface area contributed by atoms with Gasteiger partial charge in [-0.1, -0.05) is 12.2 Å². The van der Waals surface area contributed by atoms with Crippen LogP contribution < -0.4 is 5.32 Å². The van der Waals surface area contributed by atoms with Crippen LogP contribution in [-0.4, -0.2) is 29.3 Å². The minimum absolute atomic E-state index is 0.191. The first kappa shape index (κ1) is 13.1. The Morgan fingerprint density at radius 1 is 1.62 bits per heavy atom. The fraction of sp³-hybridized carbons (Fsp3) is 0.636. The molecule has 2 unspecified atom stereocenters. The van der Waals surface area contributed by atoms with Gasteiger partial charge < -0.3 is 10.4 Å². The highest BCUT2D eigenvalue weighted by Crippen LogP contribution is 2.36. The molecule has 5 heteroatoms. The summed E-state index contributed by atoms with van der Waals surface area (Å²) in [6, 6.07) is 0. The van der Waals surface area contributed by atoms with E-state index in [0.717, 1.165) is 6.42 Å². The van der Waals surface area contributed by atoms with Gasteiger partial charge in [-0.15, -0.1) is 0 Å². The first-order chi connectivity index (χ1) is 7.52. The van der Waals surface area contributed by atoms with Gasteiger partial charge in [-0.3, -0.25) is 9.59 Å². The Bertz CT molecular complexity index is 316. The minimum atomic E-state index is -1.08. The Morgan fingerprint density at radius 2 is 2.31 bits per heavy atom. The lowest BCUT2D eigenvalue weighted by atomic mass is 9.71.